The van der Waals surface area contributed by atoms with E-state index >= 15 is 0 Å². The van der Waals surface area contributed by atoms with Crippen LogP contribution in [0.15, 0.2) is 76.5 Å². The first-order valence-electron chi connectivity index (χ1n) is 10.9. The lowest BCUT2D eigenvalue weighted by molar-refractivity contribution is 0.141. The summed E-state index contributed by atoms with van der Waals surface area (Å²) in [7, 11) is -4.58. The van der Waals surface area contributed by atoms with Gasteiger partial charge in [-0.1, -0.05) is 73.1 Å². The summed E-state index contributed by atoms with van der Waals surface area (Å²) in [5, 5.41) is 10.9. The number of phenolic OH excluding ortho intramolecular Hbond substituents is 1. The molecule has 0 unspecified atom stereocenters. The van der Waals surface area contributed by atoms with Crippen LogP contribution in [0.3, 0.4) is 0 Å². The van der Waals surface area contributed by atoms with Crippen LogP contribution < -0.4 is 5.73 Å². The van der Waals surface area contributed by atoms with Crippen LogP contribution in [-0.2, 0) is 15.5 Å². The van der Waals surface area contributed by atoms with E-state index in [9.17, 15) is 9.67 Å². The molecule has 0 radical (unpaired) electrons. The van der Waals surface area contributed by atoms with E-state index in [-0.39, 0.29) is 12.4 Å². The molecular weight excluding hydrogens is 493 g/mol. The largest absolute Gasteiger partial charge is 0.507 e. The monoisotopic (exact) mass is 521 g/mol. The molecule has 9 heteroatoms. The van der Waals surface area contributed by atoms with E-state index in [0.717, 1.165) is 32.9 Å². The van der Waals surface area contributed by atoms with Crippen molar-refractivity contribution in [3.63, 3.8) is 0 Å². The lowest BCUT2D eigenvalue weighted by Gasteiger charge is -2.29. The summed E-state index contributed by atoms with van der Waals surface area (Å²) >= 11 is 8.10. The standard InChI is InChI=1S/C25H29ClNO5PS/c1-2-13-25(27,17-32-33(29,30)31)14-12-19-8-9-21(16-23(19)26)34-20-10-11-24(28)22(15-20)18-6-4-3-5-7-18/h3-11,15-16,28H,2,12-14,17,27H2,1H3,(H2,29,30,31)/t25-/m0/s1. The van der Waals surface area contributed by atoms with Gasteiger partial charge in [-0.2, -0.15) is 0 Å². The van der Waals surface area contributed by atoms with Crippen molar-refractivity contribution >= 4 is 31.2 Å². The second-order valence-electron chi connectivity index (χ2n) is 8.28. The molecule has 3 aromatic rings. The predicted octanol–water partition coefficient (Wildman–Crippen LogP) is 6.40. The molecule has 0 spiro atoms. The third-order valence-electron chi connectivity index (χ3n) is 5.47. The van der Waals surface area contributed by atoms with Crippen LogP contribution in [0.25, 0.3) is 11.1 Å². The summed E-state index contributed by atoms with van der Waals surface area (Å²) in [5.74, 6) is 0.226. The van der Waals surface area contributed by atoms with Crippen LogP contribution in [0.5, 0.6) is 5.75 Å². The predicted molar refractivity (Wildman–Crippen MR) is 137 cm³/mol. The highest BCUT2D eigenvalue weighted by atomic mass is 35.5. The highest BCUT2D eigenvalue weighted by molar-refractivity contribution is 7.99. The molecule has 6 nitrogen and oxygen atoms in total. The summed E-state index contributed by atoms with van der Waals surface area (Å²) < 4.78 is 15.8. The molecule has 0 amide bonds. The lowest BCUT2D eigenvalue weighted by atomic mass is 9.89. The number of phosphoric acid groups is 1. The third kappa shape index (κ3) is 7.85. The molecular formula is C25H29ClNO5PS. The number of hydrogen-bond donors (Lipinski definition) is 4. The number of phenols is 1. The molecule has 0 aliphatic rings. The van der Waals surface area contributed by atoms with Gasteiger partial charge in [0.25, 0.3) is 0 Å². The molecule has 0 heterocycles. The van der Waals surface area contributed by atoms with Gasteiger partial charge in [0.2, 0.25) is 0 Å². The van der Waals surface area contributed by atoms with Crippen molar-refractivity contribution < 1.29 is 24.0 Å². The van der Waals surface area contributed by atoms with Gasteiger partial charge in [0.15, 0.2) is 0 Å². The lowest BCUT2D eigenvalue weighted by Crippen LogP contribution is -2.44. The highest BCUT2D eigenvalue weighted by Crippen LogP contribution is 2.39. The van der Waals surface area contributed by atoms with E-state index in [1.807, 2.05) is 67.6 Å². The first kappa shape index (κ1) is 26.8. The summed E-state index contributed by atoms with van der Waals surface area (Å²) in [6, 6.07) is 21.0. The topological polar surface area (TPSA) is 113 Å². The maximum absolute atomic E-state index is 11.1. The van der Waals surface area contributed by atoms with E-state index < -0.39 is 13.4 Å². The number of halogens is 1. The molecule has 0 aliphatic carbocycles. The molecule has 1 atom stereocenters. The number of benzene rings is 3. The number of hydrogen-bond acceptors (Lipinski definition) is 5. The maximum atomic E-state index is 11.1. The second kappa shape index (κ2) is 11.7. The Bertz CT molecular complexity index is 1160. The average molecular weight is 522 g/mol. The normalized spacial score (nSPS) is 13.6. The Morgan fingerprint density at radius 2 is 1.71 bits per heavy atom. The third-order valence-corrected chi connectivity index (χ3v) is 7.27. The zero-order chi connectivity index (χ0) is 24.8. The summed E-state index contributed by atoms with van der Waals surface area (Å²) in [4.78, 5) is 20.0. The van der Waals surface area contributed by atoms with Crippen LogP contribution in [0, 0.1) is 0 Å². The minimum Gasteiger partial charge on any atom is -0.507 e. The minimum absolute atomic E-state index is 0.221. The average Bonchev–Trinajstić information content (AvgIpc) is 2.79. The smallest absolute Gasteiger partial charge is 0.469 e. The Kier molecular flexibility index (Phi) is 9.24. The molecule has 34 heavy (non-hydrogen) atoms. The van der Waals surface area contributed by atoms with Crippen LogP contribution in [0.4, 0.5) is 0 Å². The van der Waals surface area contributed by atoms with Crippen molar-refractivity contribution in [3.05, 3.63) is 77.3 Å². The fourth-order valence-electron chi connectivity index (χ4n) is 3.72. The van der Waals surface area contributed by atoms with Gasteiger partial charge in [-0.15, -0.1) is 0 Å². The van der Waals surface area contributed by atoms with Gasteiger partial charge in [0, 0.05) is 25.9 Å². The second-order valence-corrected chi connectivity index (χ2v) is 11.1. The maximum Gasteiger partial charge on any atom is 0.469 e. The van der Waals surface area contributed by atoms with Gasteiger partial charge in [-0.05, 0) is 60.7 Å². The van der Waals surface area contributed by atoms with Gasteiger partial charge < -0.3 is 20.6 Å². The number of aromatic hydroxyl groups is 1. The Morgan fingerprint density at radius 1 is 1.03 bits per heavy atom. The molecule has 0 aromatic heterocycles. The minimum atomic E-state index is -4.58. The summed E-state index contributed by atoms with van der Waals surface area (Å²) in [5.41, 5.74) is 8.14. The quantitative estimate of drug-likeness (QED) is 0.216. The zero-order valence-electron chi connectivity index (χ0n) is 18.9. The Hall–Kier alpha value is -1.83. The van der Waals surface area contributed by atoms with Gasteiger partial charge in [-0.25, -0.2) is 4.57 Å². The summed E-state index contributed by atoms with van der Waals surface area (Å²) in [6.45, 7) is 1.74. The van der Waals surface area contributed by atoms with Crippen molar-refractivity contribution in [1.29, 1.82) is 0 Å². The highest BCUT2D eigenvalue weighted by Gasteiger charge is 2.28. The summed E-state index contributed by atoms with van der Waals surface area (Å²) in [6.07, 6.45) is 2.37. The zero-order valence-corrected chi connectivity index (χ0v) is 21.3. The van der Waals surface area contributed by atoms with Crippen LogP contribution in [-0.4, -0.2) is 27.0 Å². The molecule has 3 rings (SSSR count). The first-order chi connectivity index (χ1) is 16.1. The Labute approximate surface area is 209 Å². The fourth-order valence-corrected chi connectivity index (χ4v) is 5.38. The van der Waals surface area contributed by atoms with Gasteiger partial charge in [-0.3, -0.25) is 4.52 Å². The molecule has 5 N–H and O–H groups in total. The first-order valence-corrected chi connectivity index (χ1v) is 13.6. The molecule has 0 bridgehead atoms. The van der Waals surface area contributed by atoms with Gasteiger partial charge in [0.05, 0.1) is 6.61 Å². The SMILES string of the molecule is CCC[C@](N)(CCc1ccc(Sc2ccc(O)c(-c3ccccc3)c2)cc1Cl)COP(=O)(O)O. The van der Waals surface area contributed by atoms with Crippen molar-refractivity contribution in [2.45, 2.75) is 47.9 Å². The van der Waals surface area contributed by atoms with Crippen molar-refractivity contribution in [2.75, 3.05) is 6.61 Å². The van der Waals surface area contributed by atoms with Gasteiger partial charge >= 0.3 is 7.82 Å². The van der Waals surface area contributed by atoms with Crippen LogP contribution in [0.1, 0.15) is 31.7 Å². The van der Waals surface area contributed by atoms with Gasteiger partial charge in [0.1, 0.15) is 5.75 Å². The van der Waals surface area contributed by atoms with Crippen molar-refractivity contribution in [2.24, 2.45) is 5.73 Å². The number of rotatable bonds is 11. The van der Waals surface area contributed by atoms with Crippen molar-refractivity contribution in [3.8, 4) is 16.9 Å². The number of phosphoric ester groups is 1. The number of aryl methyl sites for hydroxylation is 1. The molecule has 0 fully saturated rings. The molecule has 0 saturated heterocycles. The Morgan fingerprint density at radius 3 is 2.35 bits per heavy atom. The van der Waals surface area contributed by atoms with E-state index in [4.69, 9.17) is 27.1 Å². The van der Waals surface area contributed by atoms with Crippen LogP contribution in [0.2, 0.25) is 5.02 Å². The van der Waals surface area contributed by atoms with E-state index in [1.54, 1.807) is 17.8 Å². The molecule has 3 aromatic carbocycles. The molecule has 0 saturated carbocycles. The molecule has 182 valence electrons. The van der Waals surface area contributed by atoms with Crippen molar-refractivity contribution in [1.82, 2.24) is 0 Å². The van der Waals surface area contributed by atoms with Crippen LogP contribution >= 0.6 is 31.2 Å². The van der Waals surface area contributed by atoms with E-state index in [2.05, 4.69) is 4.52 Å². The van der Waals surface area contributed by atoms with E-state index in [1.165, 1.54) is 0 Å². The fraction of sp³-hybridized carbons (Fsp3) is 0.280. The number of nitrogens with two attached hydrogens (primary N) is 1. The molecule has 0 aliphatic heterocycles. The van der Waals surface area contributed by atoms with E-state index in [0.29, 0.717) is 24.3 Å². The Balaban J connectivity index is 1.70.